The molecule has 0 saturated heterocycles. The fourth-order valence-electron chi connectivity index (χ4n) is 1.24. The van der Waals surface area contributed by atoms with Crippen LogP contribution in [0.2, 0.25) is 0 Å². The molecule has 0 spiro atoms. The Morgan fingerprint density at radius 3 is 2.83 bits per heavy atom. The zero-order chi connectivity index (χ0) is 13.1. The van der Waals surface area contributed by atoms with Crippen LogP contribution in [0.15, 0.2) is 35.1 Å². The van der Waals surface area contributed by atoms with Crippen molar-refractivity contribution in [2.45, 2.75) is 0 Å². The topological polar surface area (TPSA) is 104 Å². The van der Waals surface area contributed by atoms with Crippen LogP contribution in [-0.2, 0) is 0 Å². The summed E-state index contributed by atoms with van der Waals surface area (Å²) in [5.74, 6) is 0.743. The van der Waals surface area contributed by atoms with Crippen LogP contribution in [0.25, 0.3) is 0 Å². The summed E-state index contributed by atoms with van der Waals surface area (Å²) in [6.07, 6.45) is 1.25. The Hall–Kier alpha value is -2.22. The third kappa shape index (κ3) is 2.54. The van der Waals surface area contributed by atoms with Gasteiger partial charge in [0.15, 0.2) is 5.75 Å². The average Bonchev–Trinajstić information content (AvgIpc) is 2.31. The lowest BCUT2D eigenvalue weighted by Crippen LogP contribution is -1.95. The van der Waals surface area contributed by atoms with E-state index in [0.29, 0.717) is 0 Å². The van der Waals surface area contributed by atoms with Crippen molar-refractivity contribution >= 4 is 27.4 Å². The molecule has 0 atom stereocenters. The molecule has 0 saturated carbocycles. The second kappa shape index (κ2) is 4.96. The van der Waals surface area contributed by atoms with Gasteiger partial charge in [-0.3, -0.25) is 10.1 Å². The highest BCUT2D eigenvalue weighted by atomic mass is 79.9. The minimum atomic E-state index is -0.509. The van der Waals surface area contributed by atoms with Crippen LogP contribution in [0.5, 0.6) is 11.6 Å². The van der Waals surface area contributed by atoms with Crippen molar-refractivity contribution in [3.05, 3.63) is 45.2 Å². The summed E-state index contributed by atoms with van der Waals surface area (Å²) in [6, 6.07) is 5.88. The summed E-state index contributed by atoms with van der Waals surface area (Å²) in [5.41, 5.74) is 5.39. The monoisotopic (exact) mass is 310 g/mol. The highest BCUT2D eigenvalue weighted by Gasteiger charge is 2.16. The molecule has 0 amide bonds. The minimum absolute atomic E-state index is 0.0884. The van der Waals surface area contributed by atoms with Crippen LogP contribution >= 0.6 is 15.9 Å². The Labute approximate surface area is 110 Å². The second-order valence-corrected chi connectivity index (χ2v) is 4.02. The number of aromatic nitrogens is 2. The molecule has 7 nitrogen and oxygen atoms in total. The molecule has 2 N–H and O–H groups in total. The molecule has 0 radical (unpaired) electrons. The molecule has 0 aliphatic carbocycles. The molecular weight excluding hydrogens is 304 g/mol. The van der Waals surface area contributed by atoms with Crippen LogP contribution in [0, 0.1) is 10.1 Å². The summed E-state index contributed by atoms with van der Waals surface area (Å²) in [4.78, 5) is 17.8. The van der Waals surface area contributed by atoms with Crippen molar-refractivity contribution in [3.8, 4) is 11.6 Å². The van der Waals surface area contributed by atoms with Crippen LogP contribution in [0.3, 0.4) is 0 Å². The molecule has 0 bridgehead atoms. The number of ether oxygens (including phenoxy) is 1. The van der Waals surface area contributed by atoms with E-state index >= 15 is 0 Å². The smallest absolute Gasteiger partial charge is 0.287 e. The Bertz CT molecular complexity index is 605. The lowest BCUT2D eigenvalue weighted by molar-refractivity contribution is -0.385. The number of nitrogens with two attached hydrogens (primary N) is 1. The van der Waals surface area contributed by atoms with Gasteiger partial charge in [0, 0.05) is 12.1 Å². The zero-order valence-electron chi connectivity index (χ0n) is 8.91. The van der Waals surface area contributed by atoms with Crippen molar-refractivity contribution in [1.82, 2.24) is 9.97 Å². The van der Waals surface area contributed by atoms with E-state index in [0.717, 1.165) is 0 Å². The van der Waals surface area contributed by atoms with E-state index < -0.39 is 4.92 Å². The molecule has 1 aromatic heterocycles. The van der Waals surface area contributed by atoms with Crippen molar-refractivity contribution in [2.24, 2.45) is 0 Å². The normalized spacial score (nSPS) is 10.1. The van der Waals surface area contributed by atoms with E-state index in [9.17, 15) is 10.1 Å². The van der Waals surface area contributed by atoms with E-state index in [4.69, 9.17) is 10.5 Å². The first-order chi connectivity index (χ1) is 8.58. The molecule has 0 fully saturated rings. The van der Waals surface area contributed by atoms with Gasteiger partial charge < -0.3 is 10.5 Å². The Balaban J connectivity index is 2.35. The van der Waals surface area contributed by atoms with Gasteiger partial charge >= 0.3 is 0 Å². The molecule has 0 aliphatic rings. The fourth-order valence-corrected chi connectivity index (χ4v) is 1.73. The van der Waals surface area contributed by atoms with E-state index in [1.54, 1.807) is 6.07 Å². The average molecular weight is 311 g/mol. The quantitative estimate of drug-likeness (QED) is 0.690. The molecule has 0 unspecified atom stereocenters. The molecule has 1 aromatic carbocycles. The number of rotatable bonds is 3. The van der Waals surface area contributed by atoms with Crippen molar-refractivity contribution in [3.63, 3.8) is 0 Å². The SMILES string of the molecule is Nc1cc(Oc2cccc([N+](=O)[O-])c2Br)ncn1. The Morgan fingerprint density at radius 1 is 1.39 bits per heavy atom. The van der Waals surface area contributed by atoms with Crippen LogP contribution < -0.4 is 10.5 Å². The van der Waals surface area contributed by atoms with Crippen molar-refractivity contribution in [1.29, 1.82) is 0 Å². The van der Waals surface area contributed by atoms with E-state index in [1.165, 1.54) is 24.5 Å². The first-order valence-electron chi connectivity index (χ1n) is 4.76. The van der Waals surface area contributed by atoms with E-state index in [-0.39, 0.29) is 27.6 Å². The molecule has 2 rings (SSSR count). The third-order valence-electron chi connectivity index (χ3n) is 2.02. The summed E-state index contributed by atoms with van der Waals surface area (Å²) in [7, 11) is 0. The summed E-state index contributed by atoms with van der Waals surface area (Å²) >= 11 is 3.12. The number of nitrogens with zero attached hydrogens (tertiary/aromatic N) is 3. The zero-order valence-corrected chi connectivity index (χ0v) is 10.5. The number of halogens is 1. The Kier molecular flexibility index (Phi) is 3.38. The first-order valence-corrected chi connectivity index (χ1v) is 5.55. The van der Waals surface area contributed by atoms with Gasteiger partial charge in [0.1, 0.15) is 16.6 Å². The van der Waals surface area contributed by atoms with Gasteiger partial charge in [0.05, 0.1) is 4.92 Å². The highest BCUT2D eigenvalue weighted by molar-refractivity contribution is 9.10. The third-order valence-corrected chi connectivity index (χ3v) is 2.81. The van der Waals surface area contributed by atoms with E-state index in [1.807, 2.05) is 0 Å². The first kappa shape index (κ1) is 12.2. The predicted octanol–water partition coefficient (Wildman–Crippen LogP) is 2.52. The molecule has 0 aliphatic heterocycles. The van der Waals surface area contributed by atoms with Crippen molar-refractivity contribution in [2.75, 3.05) is 5.73 Å². The molecular formula is C10H7BrN4O3. The molecule has 8 heteroatoms. The predicted molar refractivity (Wildman–Crippen MR) is 67.3 cm³/mol. The standard InChI is InChI=1S/C10H7BrN4O3/c11-10-6(15(16)17)2-1-3-7(10)18-9-4-8(12)13-5-14-9/h1-5H,(H2,12,13,14). The largest absolute Gasteiger partial charge is 0.437 e. The lowest BCUT2D eigenvalue weighted by Gasteiger charge is -2.06. The fraction of sp³-hybridized carbons (Fsp3) is 0. The van der Waals surface area contributed by atoms with Crippen LogP contribution in [-0.4, -0.2) is 14.9 Å². The number of nitro groups is 1. The second-order valence-electron chi connectivity index (χ2n) is 3.23. The van der Waals surface area contributed by atoms with Gasteiger partial charge in [-0.2, -0.15) is 0 Å². The van der Waals surface area contributed by atoms with E-state index in [2.05, 4.69) is 25.9 Å². The van der Waals surface area contributed by atoms with Crippen LogP contribution in [0.1, 0.15) is 0 Å². The van der Waals surface area contributed by atoms with Crippen LogP contribution in [0.4, 0.5) is 11.5 Å². The number of hydrogen-bond donors (Lipinski definition) is 1. The van der Waals surface area contributed by atoms with Gasteiger partial charge in [-0.25, -0.2) is 9.97 Å². The minimum Gasteiger partial charge on any atom is -0.437 e. The van der Waals surface area contributed by atoms with Gasteiger partial charge in [-0.15, -0.1) is 0 Å². The lowest BCUT2D eigenvalue weighted by atomic mass is 10.3. The Morgan fingerprint density at radius 2 is 2.17 bits per heavy atom. The van der Waals surface area contributed by atoms with Gasteiger partial charge in [0.25, 0.3) is 5.69 Å². The maximum Gasteiger partial charge on any atom is 0.287 e. The van der Waals surface area contributed by atoms with Gasteiger partial charge in [-0.1, -0.05) is 6.07 Å². The maximum absolute atomic E-state index is 10.8. The number of benzene rings is 1. The number of hydrogen-bond acceptors (Lipinski definition) is 6. The molecule has 18 heavy (non-hydrogen) atoms. The number of nitro benzene ring substituents is 1. The number of nitrogen functional groups attached to an aromatic ring is 1. The summed E-state index contributed by atoms with van der Waals surface area (Å²) in [6.45, 7) is 0. The molecule has 2 aromatic rings. The van der Waals surface area contributed by atoms with Gasteiger partial charge in [0.2, 0.25) is 5.88 Å². The number of anilines is 1. The van der Waals surface area contributed by atoms with Crippen molar-refractivity contribution < 1.29 is 9.66 Å². The van der Waals surface area contributed by atoms with Gasteiger partial charge in [-0.05, 0) is 22.0 Å². The summed E-state index contributed by atoms with van der Waals surface area (Å²) in [5, 5.41) is 10.8. The molecule has 1 heterocycles. The maximum atomic E-state index is 10.8. The highest BCUT2D eigenvalue weighted by Crippen LogP contribution is 2.35. The summed E-state index contributed by atoms with van der Waals surface area (Å²) < 4.78 is 5.64. The molecule has 92 valence electrons.